The van der Waals surface area contributed by atoms with Crippen LogP contribution in [0.3, 0.4) is 0 Å². The van der Waals surface area contributed by atoms with Crippen LogP contribution >= 0.6 is 11.3 Å². The summed E-state index contributed by atoms with van der Waals surface area (Å²) >= 11 is 1.35. The van der Waals surface area contributed by atoms with Crippen molar-refractivity contribution in [1.82, 2.24) is 4.57 Å². The van der Waals surface area contributed by atoms with Crippen molar-refractivity contribution >= 4 is 39.1 Å². The van der Waals surface area contributed by atoms with E-state index in [1.54, 1.807) is 6.92 Å². The summed E-state index contributed by atoms with van der Waals surface area (Å²) in [5.41, 5.74) is 5.36. The van der Waals surface area contributed by atoms with E-state index in [9.17, 15) is 9.59 Å². The quantitative estimate of drug-likeness (QED) is 0.325. The Balaban J connectivity index is 1.63. The molecule has 1 amide bonds. The van der Waals surface area contributed by atoms with E-state index in [1.807, 2.05) is 59.6 Å². The molecule has 0 aliphatic heterocycles. The molecule has 6 heteroatoms. The van der Waals surface area contributed by atoms with Crippen molar-refractivity contribution in [2.24, 2.45) is 7.05 Å². The summed E-state index contributed by atoms with van der Waals surface area (Å²) in [6.07, 6.45) is 2.20. The Morgan fingerprint density at radius 2 is 1.82 bits per heavy atom. The number of para-hydroxylation sites is 1. The first-order valence-electron chi connectivity index (χ1n) is 11.1. The Morgan fingerprint density at radius 1 is 1.09 bits per heavy atom. The summed E-state index contributed by atoms with van der Waals surface area (Å²) in [6.45, 7) is 6.34. The number of rotatable bonds is 7. The number of carbonyl (C=O) groups excluding carboxylic acids is 2. The molecular formula is C27H28N2O3S. The van der Waals surface area contributed by atoms with Gasteiger partial charge >= 0.3 is 5.97 Å². The number of nitrogens with zero attached hydrogens (tertiary/aromatic N) is 1. The molecule has 0 saturated heterocycles. The fraction of sp³-hybridized carbons (Fsp3) is 0.259. The first kappa shape index (κ1) is 22.8. The lowest BCUT2D eigenvalue weighted by Gasteiger charge is -2.10. The third-order valence-electron chi connectivity index (χ3n) is 5.74. The molecule has 170 valence electrons. The van der Waals surface area contributed by atoms with E-state index in [4.69, 9.17) is 4.74 Å². The summed E-state index contributed by atoms with van der Waals surface area (Å²) in [4.78, 5) is 25.8. The molecule has 2 aromatic heterocycles. The molecule has 2 heterocycles. The van der Waals surface area contributed by atoms with Gasteiger partial charge in [0.1, 0.15) is 10.6 Å². The van der Waals surface area contributed by atoms with Gasteiger partial charge in [-0.3, -0.25) is 4.79 Å². The zero-order valence-electron chi connectivity index (χ0n) is 19.3. The molecule has 4 rings (SSSR count). The summed E-state index contributed by atoms with van der Waals surface area (Å²) in [7, 11) is 1.97. The third-order valence-corrected chi connectivity index (χ3v) is 6.64. The fourth-order valence-corrected chi connectivity index (χ4v) is 5.00. The number of hydrogen-bond acceptors (Lipinski definition) is 4. The Morgan fingerprint density at radius 3 is 2.52 bits per heavy atom. The second-order valence-electron chi connectivity index (χ2n) is 8.36. The highest BCUT2D eigenvalue weighted by Gasteiger charge is 2.23. The number of carbonyl (C=O) groups is 2. The number of esters is 1. The van der Waals surface area contributed by atoms with Crippen LogP contribution in [0.4, 0.5) is 5.00 Å². The van der Waals surface area contributed by atoms with Crippen LogP contribution in [-0.4, -0.2) is 23.1 Å². The maximum absolute atomic E-state index is 13.0. The van der Waals surface area contributed by atoms with Crippen LogP contribution in [0, 0.1) is 0 Å². The molecule has 33 heavy (non-hydrogen) atoms. The van der Waals surface area contributed by atoms with Gasteiger partial charge in [0.25, 0.3) is 0 Å². The maximum atomic E-state index is 13.0. The minimum atomic E-state index is -0.429. The van der Waals surface area contributed by atoms with Crippen molar-refractivity contribution in [1.29, 1.82) is 0 Å². The first-order chi connectivity index (χ1) is 15.9. The predicted molar refractivity (Wildman–Crippen MR) is 135 cm³/mol. The molecule has 0 spiro atoms. The number of amides is 1. The van der Waals surface area contributed by atoms with E-state index in [0.29, 0.717) is 16.5 Å². The van der Waals surface area contributed by atoms with Crippen LogP contribution in [0.1, 0.15) is 48.2 Å². The standard InChI is InChI=1S/C27H28N2O3S/c1-5-32-27(31)25-22(19-12-10-18(11-13-19)17(2)3)16-33-26(25)28-24(30)14-20-15-29(4)23-9-7-6-8-21(20)23/h6-13,15-17H,5,14H2,1-4H3,(H,28,30). The average molecular weight is 461 g/mol. The zero-order chi connectivity index (χ0) is 23.5. The molecule has 1 N–H and O–H groups in total. The molecule has 0 atom stereocenters. The normalized spacial score (nSPS) is 11.2. The molecule has 0 radical (unpaired) electrons. The van der Waals surface area contributed by atoms with Crippen LogP contribution < -0.4 is 5.32 Å². The first-order valence-corrected chi connectivity index (χ1v) is 12.0. The van der Waals surface area contributed by atoms with Gasteiger partial charge in [0.05, 0.1) is 13.0 Å². The van der Waals surface area contributed by atoms with E-state index in [1.165, 1.54) is 16.9 Å². The molecule has 0 saturated carbocycles. The van der Waals surface area contributed by atoms with Crippen LogP contribution in [0.15, 0.2) is 60.1 Å². The van der Waals surface area contributed by atoms with Gasteiger partial charge in [0.15, 0.2) is 0 Å². The van der Waals surface area contributed by atoms with Crippen LogP contribution in [0.25, 0.3) is 22.0 Å². The van der Waals surface area contributed by atoms with Gasteiger partial charge in [-0.2, -0.15) is 0 Å². The Bertz CT molecular complexity index is 1300. The van der Waals surface area contributed by atoms with E-state index in [0.717, 1.165) is 27.6 Å². The lowest BCUT2D eigenvalue weighted by atomic mass is 9.98. The molecule has 0 aliphatic rings. The average Bonchev–Trinajstić information content (AvgIpc) is 3.35. The van der Waals surface area contributed by atoms with E-state index < -0.39 is 5.97 Å². The maximum Gasteiger partial charge on any atom is 0.341 e. The molecule has 0 aliphatic carbocycles. The molecular weight excluding hydrogens is 432 g/mol. The number of ether oxygens (including phenoxy) is 1. The molecule has 0 bridgehead atoms. The Labute approximate surface area is 198 Å². The number of thiophene rings is 1. The smallest absolute Gasteiger partial charge is 0.341 e. The highest BCUT2D eigenvalue weighted by molar-refractivity contribution is 7.15. The number of aromatic nitrogens is 1. The van der Waals surface area contributed by atoms with Crippen molar-refractivity contribution in [3.63, 3.8) is 0 Å². The number of nitrogens with one attached hydrogen (secondary N) is 1. The summed E-state index contributed by atoms with van der Waals surface area (Å²) in [5.74, 6) is -0.169. The lowest BCUT2D eigenvalue weighted by molar-refractivity contribution is -0.115. The number of aryl methyl sites for hydroxylation is 1. The predicted octanol–water partition coefficient (Wildman–Crippen LogP) is 6.39. The number of hydrogen-bond donors (Lipinski definition) is 1. The van der Waals surface area contributed by atoms with Gasteiger partial charge in [0.2, 0.25) is 5.91 Å². The van der Waals surface area contributed by atoms with E-state index >= 15 is 0 Å². The van der Waals surface area contributed by atoms with Crippen LogP contribution in [0.2, 0.25) is 0 Å². The van der Waals surface area contributed by atoms with Crippen LogP contribution in [-0.2, 0) is 23.0 Å². The van der Waals surface area contributed by atoms with Crippen molar-refractivity contribution in [2.75, 3.05) is 11.9 Å². The molecule has 5 nitrogen and oxygen atoms in total. The minimum Gasteiger partial charge on any atom is -0.462 e. The van der Waals surface area contributed by atoms with Crippen molar-refractivity contribution in [3.8, 4) is 11.1 Å². The van der Waals surface area contributed by atoms with Crippen molar-refractivity contribution in [2.45, 2.75) is 33.1 Å². The Kier molecular flexibility index (Phi) is 6.65. The molecule has 0 unspecified atom stereocenters. The van der Waals surface area contributed by atoms with Crippen molar-refractivity contribution < 1.29 is 14.3 Å². The topological polar surface area (TPSA) is 60.3 Å². The van der Waals surface area contributed by atoms with Gasteiger partial charge in [-0.05, 0) is 35.6 Å². The molecule has 2 aromatic carbocycles. The van der Waals surface area contributed by atoms with Crippen molar-refractivity contribution in [3.05, 3.63) is 76.8 Å². The van der Waals surface area contributed by atoms with E-state index in [2.05, 4.69) is 31.3 Å². The van der Waals surface area contributed by atoms with Gasteiger partial charge in [-0.15, -0.1) is 11.3 Å². The lowest BCUT2D eigenvalue weighted by Crippen LogP contribution is -2.16. The second kappa shape index (κ2) is 9.63. The highest BCUT2D eigenvalue weighted by atomic mass is 32.1. The van der Waals surface area contributed by atoms with Gasteiger partial charge in [0, 0.05) is 35.1 Å². The fourth-order valence-electron chi connectivity index (χ4n) is 4.03. The Hall–Kier alpha value is -3.38. The second-order valence-corrected chi connectivity index (χ2v) is 9.24. The largest absolute Gasteiger partial charge is 0.462 e. The van der Waals surface area contributed by atoms with Gasteiger partial charge < -0.3 is 14.6 Å². The third kappa shape index (κ3) is 4.71. The highest BCUT2D eigenvalue weighted by Crippen LogP contribution is 2.37. The summed E-state index contributed by atoms with van der Waals surface area (Å²) < 4.78 is 7.34. The SMILES string of the molecule is CCOC(=O)c1c(-c2ccc(C(C)C)cc2)csc1NC(=O)Cc1cn(C)c2ccccc12. The van der Waals surface area contributed by atoms with Gasteiger partial charge in [-0.25, -0.2) is 4.79 Å². The number of anilines is 1. The van der Waals surface area contributed by atoms with Crippen LogP contribution in [0.5, 0.6) is 0 Å². The van der Waals surface area contributed by atoms with Gasteiger partial charge in [-0.1, -0.05) is 56.3 Å². The number of fused-ring (bicyclic) bond motifs is 1. The molecule has 0 fully saturated rings. The summed E-state index contributed by atoms with van der Waals surface area (Å²) in [6, 6.07) is 16.2. The van der Waals surface area contributed by atoms with E-state index in [-0.39, 0.29) is 18.9 Å². The number of benzene rings is 2. The monoisotopic (exact) mass is 460 g/mol. The summed E-state index contributed by atoms with van der Waals surface area (Å²) in [5, 5.41) is 6.44. The minimum absolute atomic E-state index is 0.166. The zero-order valence-corrected chi connectivity index (χ0v) is 20.2. The molecule has 4 aromatic rings.